The number of phenols is 2. The highest BCUT2D eigenvalue weighted by atomic mass is 35.5. The van der Waals surface area contributed by atoms with Crippen LogP contribution in [0.2, 0.25) is 0 Å². The van der Waals surface area contributed by atoms with Crippen LogP contribution in [0.3, 0.4) is 0 Å². The van der Waals surface area contributed by atoms with Crippen LogP contribution in [0, 0.1) is 23.6 Å². The molecule has 4 aliphatic rings. The van der Waals surface area contributed by atoms with Crippen LogP contribution in [0.4, 0.5) is 15.8 Å². The van der Waals surface area contributed by atoms with Crippen molar-refractivity contribution in [3.63, 3.8) is 0 Å². The van der Waals surface area contributed by atoms with Crippen LogP contribution in [-0.4, -0.2) is 61.8 Å². The number of rotatable bonds is 5. The zero-order valence-corrected chi connectivity index (χ0v) is 26.4. The van der Waals surface area contributed by atoms with Gasteiger partial charge in [-0.05, 0) is 61.2 Å². The molecular weight excluding hydrogens is 670 g/mol. The van der Waals surface area contributed by atoms with Gasteiger partial charge >= 0.3 is 5.97 Å². The van der Waals surface area contributed by atoms with Gasteiger partial charge in [-0.2, -0.15) is 0 Å². The maximum absolute atomic E-state index is 14.5. The smallest absolute Gasteiger partial charge is 0.339 e. The summed E-state index contributed by atoms with van der Waals surface area (Å²) < 4.78 is 19.4. The number of imide groups is 2. The summed E-state index contributed by atoms with van der Waals surface area (Å²) >= 11 is 14.7. The van der Waals surface area contributed by atoms with Gasteiger partial charge in [0.05, 0.1) is 30.3 Å². The van der Waals surface area contributed by atoms with E-state index < -0.39 is 80.1 Å². The first-order chi connectivity index (χ1) is 22.7. The van der Waals surface area contributed by atoms with Crippen molar-refractivity contribution in [2.75, 3.05) is 16.9 Å². The average molecular weight is 695 g/mol. The molecule has 0 bridgehead atoms. The summed E-state index contributed by atoms with van der Waals surface area (Å²) in [4.78, 5) is 65.6. The molecule has 11 nitrogen and oxygen atoms in total. The minimum atomic E-state index is -2.21. The van der Waals surface area contributed by atoms with Crippen LogP contribution in [0.5, 0.6) is 17.2 Å². The third-order valence-corrected chi connectivity index (χ3v) is 11.3. The lowest BCUT2D eigenvalue weighted by Gasteiger charge is -2.50. The molecule has 6 unspecified atom stereocenters. The Hall–Kier alpha value is -4.94. The lowest BCUT2D eigenvalue weighted by molar-refractivity contribution is -0.125. The number of anilines is 2. The molecule has 246 valence electrons. The molecule has 2 heterocycles. The Morgan fingerprint density at radius 1 is 0.896 bits per heavy atom. The van der Waals surface area contributed by atoms with Gasteiger partial charge in [0, 0.05) is 23.6 Å². The number of carbonyl (C=O) groups is 5. The Morgan fingerprint density at radius 2 is 1.58 bits per heavy atom. The van der Waals surface area contributed by atoms with E-state index in [2.05, 4.69) is 0 Å². The summed E-state index contributed by atoms with van der Waals surface area (Å²) in [6.45, 7) is 0. The molecule has 2 aliphatic carbocycles. The van der Waals surface area contributed by atoms with Gasteiger partial charge in [0.25, 0.3) is 11.8 Å². The number of halogens is 3. The number of benzene rings is 3. The Balaban J connectivity index is 1.39. The first-order valence-electron chi connectivity index (χ1n) is 14.8. The fourth-order valence-electron chi connectivity index (χ4n) is 7.78. The highest BCUT2D eigenvalue weighted by molar-refractivity contribution is 6.58. The minimum Gasteiger partial charge on any atom is -0.508 e. The standard InChI is InChI=1S/C34H25Cl2FN2O9/c1-48-25-13-18(40)7-9-21(25)27-19-10-11-22-26(29(43)38(28(22)42)17-6-8-20(30(44)45)24(41)12-17)23(19)14-33(35)31(46)39(32(47)34(27,33)36)16-4-2-15(37)3-5-16/h2-10,12-13,22-23,26-27,40-41H,11,14H2,1H3,(H,44,45). The Labute approximate surface area is 281 Å². The summed E-state index contributed by atoms with van der Waals surface area (Å²) in [6.07, 6.45) is 1.42. The molecule has 0 spiro atoms. The number of nitrogens with zero attached hydrogens (tertiary/aromatic N) is 2. The molecule has 7 rings (SSSR count). The van der Waals surface area contributed by atoms with Crippen LogP contribution < -0.4 is 14.5 Å². The summed E-state index contributed by atoms with van der Waals surface area (Å²) in [5, 5.41) is 29.9. The summed E-state index contributed by atoms with van der Waals surface area (Å²) in [6, 6.07) is 12.1. The third-order valence-electron chi connectivity index (χ3n) is 9.89. The number of aromatic hydroxyl groups is 2. The van der Waals surface area contributed by atoms with Crippen LogP contribution >= 0.6 is 23.2 Å². The predicted octanol–water partition coefficient (Wildman–Crippen LogP) is 4.71. The fraction of sp³-hybridized carbons (Fsp3) is 0.265. The predicted molar refractivity (Wildman–Crippen MR) is 169 cm³/mol. The second-order valence-corrected chi connectivity index (χ2v) is 13.4. The van der Waals surface area contributed by atoms with Crippen molar-refractivity contribution in [3.8, 4) is 17.2 Å². The van der Waals surface area contributed by atoms with Crippen LogP contribution in [0.25, 0.3) is 0 Å². The molecule has 6 atom stereocenters. The van der Waals surface area contributed by atoms with Gasteiger partial charge in [-0.15, -0.1) is 23.2 Å². The quantitative estimate of drug-likeness (QED) is 0.195. The monoisotopic (exact) mass is 694 g/mol. The van der Waals surface area contributed by atoms with E-state index in [1.807, 2.05) is 0 Å². The topological polar surface area (TPSA) is 162 Å². The molecular formula is C34H25Cl2FN2O9. The Kier molecular flexibility index (Phi) is 7.12. The lowest BCUT2D eigenvalue weighted by Crippen LogP contribution is -2.60. The Morgan fingerprint density at radius 3 is 2.23 bits per heavy atom. The van der Waals surface area contributed by atoms with Gasteiger partial charge in [0.15, 0.2) is 9.75 Å². The Bertz CT molecular complexity index is 2000. The molecule has 3 fully saturated rings. The molecule has 0 aromatic heterocycles. The van der Waals surface area contributed by atoms with Crippen LogP contribution in [0.15, 0.2) is 72.3 Å². The maximum Gasteiger partial charge on any atom is 0.339 e. The number of hydrogen-bond donors (Lipinski definition) is 3. The van der Waals surface area contributed by atoms with Crippen molar-refractivity contribution in [2.45, 2.75) is 28.5 Å². The second-order valence-electron chi connectivity index (χ2n) is 12.2. The number of carboxylic acids is 1. The van der Waals surface area contributed by atoms with Crippen molar-refractivity contribution in [3.05, 3.63) is 89.3 Å². The van der Waals surface area contributed by atoms with Gasteiger partial charge in [0.2, 0.25) is 11.8 Å². The first-order valence-corrected chi connectivity index (χ1v) is 15.5. The average Bonchev–Trinajstić information content (AvgIpc) is 3.39. The van der Waals surface area contributed by atoms with Crippen molar-refractivity contribution in [1.29, 1.82) is 0 Å². The highest BCUT2D eigenvalue weighted by Crippen LogP contribution is 2.66. The van der Waals surface area contributed by atoms with Crippen LogP contribution in [-0.2, 0) is 19.2 Å². The highest BCUT2D eigenvalue weighted by Gasteiger charge is 2.77. The normalized spacial score (nSPS) is 29.4. The summed E-state index contributed by atoms with van der Waals surface area (Å²) in [7, 11) is 1.34. The number of allylic oxidation sites excluding steroid dienone is 2. The van der Waals surface area contributed by atoms with E-state index in [1.54, 1.807) is 6.08 Å². The molecule has 3 N–H and O–H groups in total. The SMILES string of the molecule is COc1cc(O)ccc1C1C2=CCC3C(=O)N(c4ccc(C(=O)O)c(O)c4)C(=O)C3C2CC2(Cl)C(=O)N(c3ccc(F)cc3)C(=O)C12Cl. The number of aromatic carboxylic acids is 1. The van der Waals surface area contributed by atoms with Gasteiger partial charge in [0.1, 0.15) is 28.6 Å². The summed E-state index contributed by atoms with van der Waals surface area (Å²) in [5.74, 6) is -9.87. The first kappa shape index (κ1) is 31.6. The van der Waals surface area contributed by atoms with Crippen molar-refractivity contribution in [1.82, 2.24) is 0 Å². The number of carboxylic acid groups (broad SMARTS) is 1. The van der Waals surface area contributed by atoms with Gasteiger partial charge in [-0.1, -0.05) is 17.7 Å². The van der Waals surface area contributed by atoms with Crippen molar-refractivity contribution in [2.24, 2.45) is 17.8 Å². The zero-order chi connectivity index (χ0) is 34.4. The second kappa shape index (κ2) is 10.8. The number of methoxy groups -OCH3 is 1. The number of carbonyl (C=O) groups excluding carboxylic acids is 4. The summed E-state index contributed by atoms with van der Waals surface area (Å²) in [5.41, 5.74) is 0.304. The third kappa shape index (κ3) is 4.15. The van der Waals surface area contributed by atoms with Gasteiger partial charge < -0.3 is 20.1 Å². The van der Waals surface area contributed by atoms with E-state index >= 15 is 0 Å². The van der Waals surface area contributed by atoms with Crippen molar-refractivity contribution < 1.29 is 48.4 Å². The maximum atomic E-state index is 14.5. The number of alkyl halides is 2. The molecule has 3 aromatic carbocycles. The van der Waals surface area contributed by atoms with E-state index in [4.69, 9.17) is 27.9 Å². The van der Waals surface area contributed by atoms with Gasteiger partial charge in [-0.25, -0.2) is 19.0 Å². The number of fused-ring (bicyclic) bond motifs is 4. The number of hydrogen-bond acceptors (Lipinski definition) is 8. The van der Waals surface area contributed by atoms with E-state index in [0.717, 1.165) is 34.1 Å². The zero-order valence-electron chi connectivity index (χ0n) is 24.9. The number of amides is 4. The molecule has 4 amide bonds. The number of phenolic OH excluding ortho intramolecular Hbond substituents is 1. The van der Waals surface area contributed by atoms with Gasteiger partial charge in [-0.3, -0.25) is 19.2 Å². The molecule has 2 saturated heterocycles. The lowest BCUT2D eigenvalue weighted by atomic mass is 9.56. The molecule has 48 heavy (non-hydrogen) atoms. The molecule has 0 radical (unpaired) electrons. The van der Waals surface area contributed by atoms with Crippen LogP contribution in [0.1, 0.15) is 34.7 Å². The van der Waals surface area contributed by atoms with E-state index in [0.29, 0.717) is 5.57 Å². The van der Waals surface area contributed by atoms with Crippen molar-refractivity contribution >= 4 is 64.2 Å². The molecule has 2 aliphatic heterocycles. The largest absolute Gasteiger partial charge is 0.508 e. The minimum absolute atomic E-state index is 0.0232. The van der Waals surface area contributed by atoms with E-state index in [-0.39, 0.29) is 41.3 Å². The molecule has 3 aromatic rings. The molecule has 14 heteroatoms. The van der Waals surface area contributed by atoms with E-state index in [9.17, 15) is 43.7 Å². The fourth-order valence-corrected chi connectivity index (χ4v) is 8.70. The molecule has 1 saturated carbocycles. The van der Waals surface area contributed by atoms with E-state index in [1.165, 1.54) is 43.5 Å². The number of ether oxygens (including phenoxy) is 1.